The van der Waals surface area contributed by atoms with Gasteiger partial charge in [-0.2, -0.15) is 0 Å². The van der Waals surface area contributed by atoms with Crippen molar-refractivity contribution in [3.63, 3.8) is 0 Å². The average molecular weight is 505 g/mol. The van der Waals surface area contributed by atoms with Crippen LogP contribution in [0.15, 0.2) is 30.3 Å². The quantitative estimate of drug-likeness (QED) is 0.434. The number of esters is 1. The number of rotatable bonds is 3. The van der Waals surface area contributed by atoms with Gasteiger partial charge in [-0.1, -0.05) is 23.2 Å². The molecule has 11 heteroatoms. The van der Waals surface area contributed by atoms with E-state index in [1.165, 1.54) is 44.6 Å². The minimum absolute atomic E-state index is 0.0352. The number of hydrogen-bond donors (Lipinski definition) is 3. The number of halogens is 2. The first kappa shape index (κ1) is 22.0. The zero-order chi connectivity index (χ0) is 24.5. The maximum absolute atomic E-state index is 13.1. The monoisotopic (exact) mass is 504 g/mol. The molecule has 174 valence electrons. The first-order valence-corrected chi connectivity index (χ1v) is 10.4. The first-order valence-electron chi connectivity index (χ1n) is 9.65. The Morgan fingerprint density at radius 2 is 1.71 bits per heavy atom. The maximum Gasteiger partial charge on any atom is 0.340 e. The SMILES string of the molecule is COc1cc2c(c(Cl)c1O)Oc1c(ccc(O)c1Cl)C21OC(=O)c2ccc(C(=O)O)c(OC)c21. The molecule has 1 spiro atoms. The Balaban J connectivity index is 2.02. The second-order valence-corrected chi connectivity index (χ2v) is 8.20. The third-order valence-electron chi connectivity index (χ3n) is 5.83. The molecule has 1 unspecified atom stereocenters. The van der Waals surface area contributed by atoms with Gasteiger partial charge in [-0.25, -0.2) is 9.59 Å². The van der Waals surface area contributed by atoms with Crippen molar-refractivity contribution in [3.05, 3.63) is 68.2 Å². The summed E-state index contributed by atoms with van der Waals surface area (Å²) >= 11 is 12.7. The van der Waals surface area contributed by atoms with Crippen LogP contribution in [0.5, 0.6) is 34.5 Å². The van der Waals surface area contributed by atoms with Crippen LogP contribution in [0.2, 0.25) is 10.0 Å². The number of benzene rings is 3. The number of ether oxygens (including phenoxy) is 4. The molecule has 0 aromatic heterocycles. The molecule has 0 bridgehead atoms. The summed E-state index contributed by atoms with van der Waals surface area (Å²) in [4.78, 5) is 25.1. The molecule has 0 fully saturated rings. The second-order valence-electron chi connectivity index (χ2n) is 7.44. The summed E-state index contributed by atoms with van der Waals surface area (Å²) in [6, 6.07) is 6.59. The lowest BCUT2D eigenvalue weighted by atomic mass is 9.76. The summed E-state index contributed by atoms with van der Waals surface area (Å²) in [5.74, 6) is -3.30. The van der Waals surface area contributed by atoms with Crippen molar-refractivity contribution in [2.75, 3.05) is 14.2 Å². The number of aromatic carboxylic acids is 1. The van der Waals surface area contributed by atoms with Crippen LogP contribution < -0.4 is 14.2 Å². The van der Waals surface area contributed by atoms with Crippen LogP contribution in [-0.4, -0.2) is 41.5 Å². The van der Waals surface area contributed by atoms with Gasteiger partial charge in [-0.05, 0) is 30.3 Å². The van der Waals surface area contributed by atoms with E-state index in [0.717, 1.165) is 0 Å². The predicted octanol–water partition coefficient (Wildman–Crippen LogP) is 4.69. The van der Waals surface area contributed by atoms with E-state index in [0.29, 0.717) is 0 Å². The molecule has 2 aliphatic heterocycles. The molecule has 2 heterocycles. The number of phenols is 2. The number of carboxylic acids is 1. The van der Waals surface area contributed by atoms with Gasteiger partial charge in [-0.3, -0.25) is 0 Å². The topological polar surface area (TPSA) is 132 Å². The smallest absolute Gasteiger partial charge is 0.340 e. The largest absolute Gasteiger partial charge is 0.506 e. The predicted molar refractivity (Wildman–Crippen MR) is 118 cm³/mol. The molecular formula is C23H14Cl2O9. The molecule has 0 radical (unpaired) electrons. The Kier molecular flexibility index (Phi) is 4.75. The summed E-state index contributed by atoms with van der Waals surface area (Å²) in [7, 11) is 2.56. The highest BCUT2D eigenvalue weighted by Gasteiger charge is 2.57. The van der Waals surface area contributed by atoms with Crippen molar-refractivity contribution in [3.8, 4) is 34.5 Å². The molecule has 9 nitrogen and oxygen atoms in total. The van der Waals surface area contributed by atoms with Crippen LogP contribution in [0.1, 0.15) is 37.4 Å². The number of hydrogen-bond acceptors (Lipinski definition) is 8. The Labute approximate surface area is 201 Å². The highest BCUT2D eigenvalue weighted by Crippen LogP contribution is 2.63. The van der Waals surface area contributed by atoms with Crippen LogP contribution in [-0.2, 0) is 10.3 Å². The standard InChI is InChI=1S/C23H14Cl2O9/c1-31-13-7-11-20(16(25)17(13)27)33-19-10(5-6-12(26)15(19)24)23(11)14-8(22(30)34-23)3-4-9(21(28)29)18(14)32-2/h3-7,26-27H,1-2H3,(H,28,29). The van der Waals surface area contributed by atoms with Crippen molar-refractivity contribution in [1.29, 1.82) is 0 Å². The summed E-state index contributed by atoms with van der Waals surface area (Å²) in [5.41, 5.74) is -1.71. The van der Waals surface area contributed by atoms with E-state index in [2.05, 4.69) is 0 Å². The Bertz CT molecular complexity index is 1430. The minimum atomic E-state index is -1.87. The third kappa shape index (κ3) is 2.62. The number of carbonyl (C=O) groups is 2. The van der Waals surface area contributed by atoms with Gasteiger partial charge in [0.2, 0.25) is 0 Å². The maximum atomic E-state index is 13.1. The molecule has 0 saturated heterocycles. The molecule has 0 amide bonds. The van der Waals surface area contributed by atoms with Crippen molar-refractivity contribution < 1.29 is 43.9 Å². The van der Waals surface area contributed by atoms with E-state index in [4.69, 9.17) is 42.1 Å². The van der Waals surface area contributed by atoms with Gasteiger partial charge < -0.3 is 34.3 Å². The van der Waals surface area contributed by atoms with E-state index in [1.54, 1.807) is 0 Å². The fourth-order valence-electron chi connectivity index (χ4n) is 4.39. The summed E-state index contributed by atoms with van der Waals surface area (Å²) in [6.45, 7) is 0. The van der Waals surface area contributed by atoms with Crippen LogP contribution in [0, 0.1) is 0 Å². The van der Waals surface area contributed by atoms with Crippen LogP contribution in [0.3, 0.4) is 0 Å². The van der Waals surface area contributed by atoms with Gasteiger partial charge in [0.1, 0.15) is 27.1 Å². The van der Waals surface area contributed by atoms with Crippen molar-refractivity contribution >= 4 is 35.1 Å². The lowest BCUT2D eigenvalue weighted by Crippen LogP contribution is -2.34. The zero-order valence-corrected chi connectivity index (χ0v) is 18.9. The highest BCUT2D eigenvalue weighted by atomic mass is 35.5. The number of carboxylic acid groups (broad SMARTS) is 1. The van der Waals surface area contributed by atoms with E-state index < -0.39 is 23.3 Å². The van der Waals surface area contributed by atoms with Gasteiger partial charge >= 0.3 is 11.9 Å². The number of carbonyl (C=O) groups excluding carboxylic acids is 1. The second kappa shape index (κ2) is 7.34. The Morgan fingerprint density at radius 1 is 1.00 bits per heavy atom. The fourth-order valence-corrected chi connectivity index (χ4v) is 4.83. The lowest BCUT2D eigenvalue weighted by Gasteiger charge is -2.38. The van der Waals surface area contributed by atoms with Gasteiger partial charge in [-0.15, -0.1) is 0 Å². The molecule has 34 heavy (non-hydrogen) atoms. The number of aromatic hydroxyl groups is 2. The van der Waals surface area contributed by atoms with Gasteiger partial charge in [0.25, 0.3) is 0 Å². The Hall–Kier alpha value is -3.82. The van der Waals surface area contributed by atoms with Crippen molar-refractivity contribution in [2.24, 2.45) is 0 Å². The van der Waals surface area contributed by atoms with E-state index in [9.17, 15) is 24.9 Å². The fraction of sp³-hybridized carbons (Fsp3) is 0.130. The molecule has 0 saturated carbocycles. The van der Waals surface area contributed by atoms with Gasteiger partial charge in [0.15, 0.2) is 28.6 Å². The van der Waals surface area contributed by atoms with Crippen LogP contribution in [0.25, 0.3) is 0 Å². The summed E-state index contributed by atoms with van der Waals surface area (Å²) in [5, 5.41) is 30.0. The number of methoxy groups -OCH3 is 2. The number of fused-ring (bicyclic) bond motifs is 6. The molecule has 3 aromatic carbocycles. The Morgan fingerprint density at radius 3 is 2.35 bits per heavy atom. The van der Waals surface area contributed by atoms with E-state index in [-0.39, 0.29) is 66.6 Å². The summed E-state index contributed by atoms with van der Waals surface area (Å²) < 4.78 is 22.6. The lowest BCUT2D eigenvalue weighted by molar-refractivity contribution is 0.0219. The van der Waals surface area contributed by atoms with E-state index in [1.807, 2.05) is 0 Å². The minimum Gasteiger partial charge on any atom is -0.506 e. The van der Waals surface area contributed by atoms with Crippen LogP contribution >= 0.6 is 23.2 Å². The highest BCUT2D eigenvalue weighted by molar-refractivity contribution is 6.35. The first-order chi connectivity index (χ1) is 16.2. The van der Waals surface area contributed by atoms with Crippen LogP contribution in [0.4, 0.5) is 0 Å². The molecule has 3 N–H and O–H groups in total. The normalized spacial score (nSPS) is 17.4. The van der Waals surface area contributed by atoms with Gasteiger partial charge in [0.05, 0.1) is 30.9 Å². The van der Waals surface area contributed by atoms with Crippen molar-refractivity contribution in [2.45, 2.75) is 5.60 Å². The third-order valence-corrected chi connectivity index (χ3v) is 6.55. The molecule has 3 aromatic rings. The molecule has 2 aliphatic rings. The molecular weight excluding hydrogens is 491 g/mol. The molecule has 0 aliphatic carbocycles. The molecule has 5 rings (SSSR count). The van der Waals surface area contributed by atoms with Crippen molar-refractivity contribution in [1.82, 2.24) is 0 Å². The van der Waals surface area contributed by atoms with Gasteiger partial charge in [0, 0.05) is 5.56 Å². The van der Waals surface area contributed by atoms with E-state index >= 15 is 0 Å². The number of phenolic OH excluding ortho intramolecular Hbond substituents is 2. The zero-order valence-electron chi connectivity index (χ0n) is 17.4. The average Bonchev–Trinajstić information content (AvgIpc) is 3.11. The molecule has 1 atom stereocenters. The summed E-state index contributed by atoms with van der Waals surface area (Å²) in [6.07, 6.45) is 0.